The highest BCUT2D eigenvalue weighted by atomic mass is 35.5. The van der Waals surface area contributed by atoms with Crippen molar-refractivity contribution in [3.8, 4) is 5.75 Å². The van der Waals surface area contributed by atoms with Crippen LogP contribution in [0.5, 0.6) is 5.75 Å². The van der Waals surface area contributed by atoms with E-state index in [0.29, 0.717) is 0 Å². The van der Waals surface area contributed by atoms with Crippen LogP contribution in [0.25, 0.3) is 0 Å². The molecule has 6 nitrogen and oxygen atoms in total. The highest BCUT2D eigenvalue weighted by molar-refractivity contribution is 6.31. The first-order valence-electron chi connectivity index (χ1n) is 8.62. The molecule has 1 aromatic rings. The lowest BCUT2D eigenvalue weighted by atomic mass is 9.96. The second-order valence-electron chi connectivity index (χ2n) is 6.46. The van der Waals surface area contributed by atoms with Crippen molar-refractivity contribution in [3.05, 3.63) is 23.2 Å². The van der Waals surface area contributed by atoms with Crippen LogP contribution in [0, 0.1) is 5.92 Å². The second kappa shape index (κ2) is 9.63. The van der Waals surface area contributed by atoms with Gasteiger partial charge in [0.25, 0.3) is 0 Å². The number of halogens is 7. The van der Waals surface area contributed by atoms with Crippen LogP contribution >= 0.6 is 11.6 Å². The number of alkyl halides is 6. The first-order chi connectivity index (χ1) is 13.8. The van der Waals surface area contributed by atoms with E-state index in [4.69, 9.17) is 11.6 Å². The van der Waals surface area contributed by atoms with E-state index in [-0.39, 0.29) is 42.4 Å². The highest BCUT2D eigenvalue weighted by Crippen LogP contribution is 2.31. The van der Waals surface area contributed by atoms with Gasteiger partial charge in [0.05, 0.1) is 5.69 Å². The topological polar surface area (TPSA) is 67.9 Å². The second-order valence-corrected chi connectivity index (χ2v) is 6.90. The van der Waals surface area contributed by atoms with Gasteiger partial charge in [-0.05, 0) is 31.0 Å². The van der Waals surface area contributed by atoms with Crippen LogP contribution in [0.4, 0.5) is 36.8 Å². The predicted molar refractivity (Wildman–Crippen MR) is 93.3 cm³/mol. The maximum absolute atomic E-state index is 12.5. The summed E-state index contributed by atoms with van der Waals surface area (Å²) in [6.07, 6.45) is -10.1. The average Bonchev–Trinajstić information content (AvgIpc) is 2.64. The maximum atomic E-state index is 12.5. The molecule has 0 atom stereocenters. The molecular weight excluding hydrogens is 446 g/mol. The van der Waals surface area contributed by atoms with Crippen LogP contribution in [-0.4, -0.2) is 55.6 Å². The maximum Gasteiger partial charge on any atom is 0.422 e. The average molecular weight is 463 g/mol. The van der Waals surface area contributed by atoms with Crippen molar-refractivity contribution >= 4 is 29.3 Å². The lowest BCUT2D eigenvalue weighted by Gasteiger charge is -2.30. The van der Waals surface area contributed by atoms with Gasteiger partial charge in [0.1, 0.15) is 5.75 Å². The molecule has 2 rings (SSSR count). The Morgan fingerprint density at radius 2 is 1.67 bits per heavy atom. The Balaban J connectivity index is 1.92. The van der Waals surface area contributed by atoms with E-state index in [0.717, 1.165) is 4.90 Å². The zero-order valence-corrected chi connectivity index (χ0v) is 16.0. The zero-order chi connectivity index (χ0) is 22.5. The molecule has 1 aliphatic heterocycles. The van der Waals surface area contributed by atoms with Crippen LogP contribution in [0.1, 0.15) is 12.8 Å². The number of nitrogens with zero attached hydrogens (tertiary/aromatic N) is 1. The van der Waals surface area contributed by atoms with Gasteiger partial charge in [0.15, 0.2) is 13.2 Å². The first-order valence-corrected chi connectivity index (χ1v) is 9.00. The minimum atomic E-state index is -4.64. The highest BCUT2D eigenvalue weighted by Gasteiger charge is 2.33. The van der Waals surface area contributed by atoms with Gasteiger partial charge < -0.3 is 19.7 Å². The summed E-state index contributed by atoms with van der Waals surface area (Å²) in [6, 6.07) is 3.71. The Morgan fingerprint density at radius 1 is 1.07 bits per heavy atom. The molecule has 0 aliphatic carbocycles. The normalized spacial score (nSPS) is 15.6. The standard InChI is InChI=1S/C17H17ClF6N2O4/c18-11-1-2-13(29-8-16(19,20)21)12(7-11)25-14(27)10-3-5-26(6-4-10)15(28)30-9-17(22,23)24/h1-2,7,10H,3-6,8-9H2,(H,25,27). The Bertz CT molecular complexity index is 764. The minimum Gasteiger partial charge on any atom is -0.482 e. The zero-order valence-electron chi connectivity index (χ0n) is 15.3. The number of carbonyl (C=O) groups excluding carboxylic acids is 2. The quantitative estimate of drug-likeness (QED) is 0.648. The van der Waals surface area contributed by atoms with E-state index in [1.54, 1.807) is 0 Å². The van der Waals surface area contributed by atoms with Gasteiger partial charge in [-0.3, -0.25) is 4.79 Å². The van der Waals surface area contributed by atoms with Gasteiger partial charge in [0, 0.05) is 24.0 Å². The Labute approximate surface area is 172 Å². The molecule has 2 amide bonds. The summed E-state index contributed by atoms with van der Waals surface area (Å²) in [5.41, 5.74) is -0.0521. The molecule has 0 unspecified atom stereocenters. The van der Waals surface area contributed by atoms with Crippen LogP contribution in [0.2, 0.25) is 5.02 Å². The SMILES string of the molecule is O=C(Nc1cc(Cl)ccc1OCC(F)(F)F)C1CCN(C(=O)OCC(F)(F)F)CC1. The molecule has 1 N–H and O–H groups in total. The summed E-state index contributed by atoms with van der Waals surface area (Å²) in [5, 5.41) is 2.61. The number of piperidine rings is 1. The van der Waals surface area contributed by atoms with Gasteiger partial charge in [-0.1, -0.05) is 11.6 Å². The van der Waals surface area contributed by atoms with Crippen molar-refractivity contribution in [2.45, 2.75) is 25.2 Å². The smallest absolute Gasteiger partial charge is 0.422 e. The van der Waals surface area contributed by atoms with Gasteiger partial charge in [0.2, 0.25) is 5.91 Å². The summed E-state index contributed by atoms with van der Waals surface area (Å²) < 4.78 is 82.3. The summed E-state index contributed by atoms with van der Waals surface area (Å²) >= 11 is 5.82. The summed E-state index contributed by atoms with van der Waals surface area (Å²) in [5.74, 6) is -1.39. The summed E-state index contributed by atoms with van der Waals surface area (Å²) in [6.45, 7) is -3.29. The number of benzene rings is 1. The third-order valence-corrected chi connectivity index (χ3v) is 4.31. The Hall–Kier alpha value is -2.37. The van der Waals surface area contributed by atoms with Crippen LogP contribution in [0.3, 0.4) is 0 Å². The number of likely N-dealkylation sites (tertiary alicyclic amines) is 1. The van der Waals surface area contributed by atoms with E-state index < -0.39 is 43.5 Å². The Morgan fingerprint density at radius 3 is 2.23 bits per heavy atom. The van der Waals surface area contributed by atoms with E-state index >= 15 is 0 Å². The van der Waals surface area contributed by atoms with Crippen molar-refractivity contribution in [1.29, 1.82) is 0 Å². The molecule has 1 aliphatic rings. The molecule has 0 saturated carbocycles. The molecule has 168 valence electrons. The van der Waals surface area contributed by atoms with Gasteiger partial charge in [-0.2, -0.15) is 26.3 Å². The third-order valence-electron chi connectivity index (χ3n) is 4.07. The number of anilines is 1. The molecule has 0 spiro atoms. The van der Waals surface area contributed by atoms with Crippen LogP contribution in [-0.2, 0) is 9.53 Å². The van der Waals surface area contributed by atoms with Gasteiger partial charge >= 0.3 is 18.4 Å². The Kier molecular flexibility index (Phi) is 7.67. The molecule has 1 fully saturated rings. The number of amides is 2. The fourth-order valence-corrected chi connectivity index (χ4v) is 2.85. The fraction of sp³-hybridized carbons (Fsp3) is 0.529. The summed E-state index contributed by atoms with van der Waals surface area (Å²) in [4.78, 5) is 25.1. The number of nitrogens with one attached hydrogen (secondary N) is 1. The van der Waals surface area contributed by atoms with E-state index in [1.165, 1.54) is 18.2 Å². The summed E-state index contributed by atoms with van der Waals surface area (Å²) in [7, 11) is 0. The number of hydrogen-bond acceptors (Lipinski definition) is 4. The van der Waals surface area contributed by atoms with Crippen molar-refractivity contribution in [1.82, 2.24) is 4.90 Å². The molecule has 13 heteroatoms. The van der Waals surface area contributed by atoms with Crippen molar-refractivity contribution < 1.29 is 45.4 Å². The molecule has 1 heterocycles. The van der Waals surface area contributed by atoms with Crippen molar-refractivity contribution in [2.24, 2.45) is 5.92 Å². The third kappa shape index (κ3) is 7.81. The van der Waals surface area contributed by atoms with E-state index in [1.807, 2.05) is 0 Å². The van der Waals surface area contributed by atoms with E-state index in [2.05, 4.69) is 14.8 Å². The first kappa shape index (κ1) is 23.9. The lowest BCUT2D eigenvalue weighted by Crippen LogP contribution is -2.42. The van der Waals surface area contributed by atoms with Gasteiger partial charge in [-0.15, -0.1) is 0 Å². The molecule has 0 radical (unpaired) electrons. The number of ether oxygens (including phenoxy) is 2. The molecule has 1 aromatic carbocycles. The van der Waals surface area contributed by atoms with Crippen LogP contribution < -0.4 is 10.1 Å². The number of carbonyl (C=O) groups is 2. The monoisotopic (exact) mass is 462 g/mol. The van der Waals surface area contributed by atoms with Crippen molar-refractivity contribution in [2.75, 3.05) is 31.6 Å². The molecule has 1 saturated heterocycles. The lowest BCUT2D eigenvalue weighted by molar-refractivity contribution is -0.162. The minimum absolute atomic E-state index is 0.0121. The predicted octanol–water partition coefficient (Wildman–Crippen LogP) is 4.63. The molecular formula is C17H17ClF6N2O4. The van der Waals surface area contributed by atoms with E-state index in [9.17, 15) is 35.9 Å². The molecule has 30 heavy (non-hydrogen) atoms. The molecule has 0 bridgehead atoms. The number of rotatable bonds is 5. The van der Waals surface area contributed by atoms with Gasteiger partial charge in [-0.25, -0.2) is 4.79 Å². The number of hydrogen-bond donors (Lipinski definition) is 1. The fourth-order valence-electron chi connectivity index (χ4n) is 2.68. The van der Waals surface area contributed by atoms with Crippen molar-refractivity contribution in [3.63, 3.8) is 0 Å². The largest absolute Gasteiger partial charge is 0.482 e. The van der Waals surface area contributed by atoms with Crippen LogP contribution in [0.15, 0.2) is 18.2 Å². The molecule has 0 aromatic heterocycles.